The molecule has 2 atom stereocenters. The minimum absolute atomic E-state index is 0.297. The number of hydrazone groups is 1. The highest BCUT2D eigenvalue weighted by atomic mass is 32.2. The van der Waals surface area contributed by atoms with Crippen LogP contribution in [0.15, 0.2) is 64.7 Å². The molecule has 0 radical (unpaired) electrons. The molecule has 0 aromatic heterocycles. The Hall–Kier alpha value is -3.13. The maximum absolute atomic E-state index is 13.1. The Morgan fingerprint density at radius 3 is 2.50 bits per heavy atom. The molecule has 2 aliphatic rings. The van der Waals surface area contributed by atoms with Crippen molar-refractivity contribution in [2.45, 2.75) is 19.0 Å². The number of carbonyl (C=O) groups excluding carboxylic acids is 2. The van der Waals surface area contributed by atoms with Crippen LogP contribution in [0.1, 0.15) is 24.1 Å². The predicted octanol–water partition coefficient (Wildman–Crippen LogP) is 2.55. The standard InChI is InChI=1S/C20H18N4O3S/c1-12(25)21-17-16(13-8-10-15(27-2)11-9-13)22-20-24(19(17)26)23-18(28-20)14-6-4-3-5-7-14/h3-11,16-17H,1-2H3,(H,21,25)/t16-,17+/m1/s1. The summed E-state index contributed by atoms with van der Waals surface area (Å²) in [6, 6.07) is 15.6. The average molecular weight is 394 g/mol. The smallest absolute Gasteiger partial charge is 0.274 e. The number of nitrogens with one attached hydrogen (secondary N) is 1. The molecule has 0 fully saturated rings. The van der Waals surface area contributed by atoms with Crippen LogP contribution in [0, 0.1) is 0 Å². The molecule has 2 aromatic rings. The van der Waals surface area contributed by atoms with E-state index in [1.807, 2.05) is 54.6 Å². The van der Waals surface area contributed by atoms with Gasteiger partial charge in [0.15, 0.2) is 5.17 Å². The molecule has 7 nitrogen and oxygen atoms in total. The molecule has 0 saturated heterocycles. The Labute approximate surface area is 166 Å². The highest BCUT2D eigenvalue weighted by Crippen LogP contribution is 2.35. The van der Waals surface area contributed by atoms with Crippen LogP contribution in [-0.2, 0) is 9.59 Å². The van der Waals surface area contributed by atoms with Crippen LogP contribution in [0.4, 0.5) is 0 Å². The largest absolute Gasteiger partial charge is 0.497 e. The van der Waals surface area contributed by atoms with E-state index in [1.54, 1.807) is 7.11 Å². The van der Waals surface area contributed by atoms with Crippen molar-refractivity contribution in [1.82, 2.24) is 10.3 Å². The number of aliphatic imine (C=N–C) groups is 1. The molecule has 8 heteroatoms. The lowest BCUT2D eigenvalue weighted by Gasteiger charge is -2.31. The molecule has 2 aromatic carbocycles. The van der Waals surface area contributed by atoms with E-state index in [4.69, 9.17) is 9.73 Å². The number of rotatable bonds is 4. The first-order valence-electron chi connectivity index (χ1n) is 8.71. The van der Waals surface area contributed by atoms with E-state index in [1.165, 1.54) is 23.7 Å². The first-order valence-corrected chi connectivity index (χ1v) is 9.53. The van der Waals surface area contributed by atoms with Crippen molar-refractivity contribution in [2.24, 2.45) is 10.1 Å². The second-order valence-corrected chi connectivity index (χ2v) is 7.29. The predicted molar refractivity (Wildman–Crippen MR) is 108 cm³/mol. The minimum Gasteiger partial charge on any atom is -0.497 e. The summed E-state index contributed by atoms with van der Waals surface area (Å²) in [7, 11) is 1.59. The van der Waals surface area contributed by atoms with Crippen LogP contribution < -0.4 is 10.1 Å². The molecule has 0 bridgehead atoms. The third kappa shape index (κ3) is 3.38. The molecule has 2 amide bonds. The fourth-order valence-corrected chi connectivity index (χ4v) is 4.03. The Morgan fingerprint density at radius 2 is 1.86 bits per heavy atom. The second kappa shape index (κ2) is 7.47. The molecule has 142 valence electrons. The van der Waals surface area contributed by atoms with Crippen LogP contribution >= 0.6 is 11.8 Å². The van der Waals surface area contributed by atoms with Gasteiger partial charge in [0.1, 0.15) is 22.9 Å². The zero-order valence-corrected chi connectivity index (χ0v) is 16.1. The lowest BCUT2D eigenvalue weighted by Crippen LogP contribution is -2.52. The first-order chi connectivity index (χ1) is 13.6. The molecule has 28 heavy (non-hydrogen) atoms. The lowest BCUT2D eigenvalue weighted by molar-refractivity contribution is -0.134. The zero-order chi connectivity index (χ0) is 19.7. The maximum atomic E-state index is 13.1. The summed E-state index contributed by atoms with van der Waals surface area (Å²) in [5.41, 5.74) is 1.73. The van der Waals surface area contributed by atoms with Gasteiger partial charge in [-0.1, -0.05) is 42.5 Å². The van der Waals surface area contributed by atoms with Crippen LogP contribution in [-0.4, -0.2) is 40.2 Å². The van der Waals surface area contributed by atoms with Crippen LogP contribution in [0.25, 0.3) is 0 Å². The Balaban J connectivity index is 1.71. The molecule has 2 heterocycles. The van der Waals surface area contributed by atoms with Gasteiger partial charge in [-0.15, -0.1) is 0 Å². The van der Waals surface area contributed by atoms with Gasteiger partial charge in [-0.2, -0.15) is 10.1 Å². The molecule has 0 aliphatic carbocycles. The highest BCUT2D eigenvalue weighted by molar-refractivity contribution is 8.27. The van der Waals surface area contributed by atoms with Crippen molar-refractivity contribution in [3.63, 3.8) is 0 Å². The van der Waals surface area contributed by atoms with Gasteiger partial charge in [-0.3, -0.25) is 9.59 Å². The van der Waals surface area contributed by atoms with E-state index in [0.717, 1.165) is 11.1 Å². The van der Waals surface area contributed by atoms with Crippen molar-refractivity contribution in [3.8, 4) is 5.75 Å². The van der Waals surface area contributed by atoms with E-state index in [2.05, 4.69) is 10.4 Å². The van der Waals surface area contributed by atoms with E-state index in [-0.39, 0.29) is 11.8 Å². The summed E-state index contributed by atoms with van der Waals surface area (Å²) in [5, 5.41) is 9.65. The SMILES string of the molecule is COc1ccc([C@H]2N=C3SC(c4ccccc4)=NN3C(=O)[C@H]2NC(C)=O)cc1. The van der Waals surface area contributed by atoms with E-state index in [0.29, 0.717) is 16.0 Å². The molecule has 0 unspecified atom stereocenters. The number of thioether (sulfide) groups is 1. The van der Waals surface area contributed by atoms with Crippen molar-refractivity contribution in [3.05, 3.63) is 65.7 Å². The van der Waals surface area contributed by atoms with Crippen LogP contribution in [0.3, 0.4) is 0 Å². The summed E-state index contributed by atoms with van der Waals surface area (Å²) in [6.45, 7) is 1.38. The number of benzene rings is 2. The monoisotopic (exact) mass is 394 g/mol. The number of hydrogen-bond donors (Lipinski definition) is 1. The van der Waals surface area contributed by atoms with Crippen molar-refractivity contribution < 1.29 is 14.3 Å². The number of amides is 2. The first kappa shape index (κ1) is 18.2. The molecular formula is C20H18N4O3S. The number of hydrogen-bond acceptors (Lipinski definition) is 6. The fourth-order valence-electron chi connectivity index (χ4n) is 3.09. The second-order valence-electron chi connectivity index (χ2n) is 6.33. The lowest BCUT2D eigenvalue weighted by atomic mass is 9.97. The third-order valence-electron chi connectivity index (χ3n) is 4.44. The molecule has 4 rings (SSSR count). The quantitative estimate of drug-likeness (QED) is 0.864. The summed E-state index contributed by atoms with van der Waals surface area (Å²) < 4.78 is 5.20. The summed E-state index contributed by atoms with van der Waals surface area (Å²) in [6.07, 6.45) is 0. The summed E-state index contributed by atoms with van der Waals surface area (Å²) in [4.78, 5) is 29.6. The number of methoxy groups -OCH3 is 1. The van der Waals surface area contributed by atoms with Gasteiger partial charge >= 0.3 is 0 Å². The van der Waals surface area contributed by atoms with E-state index < -0.39 is 12.1 Å². The van der Waals surface area contributed by atoms with Gasteiger partial charge in [0, 0.05) is 12.5 Å². The van der Waals surface area contributed by atoms with Crippen molar-refractivity contribution in [2.75, 3.05) is 7.11 Å². The number of amidine groups is 1. The highest BCUT2D eigenvalue weighted by Gasteiger charge is 2.43. The number of carbonyl (C=O) groups is 2. The van der Waals surface area contributed by atoms with Gasteiger partial charge in [0.2, 0.25) is 5.91 Å². The Bertz CT molecular complexity index is 973. The normalized spacial score (nSPS) is 20.9. The maximum Gasteiger partial charge on any atom is 0.274 e. The molecule has 0 saturated carbocycles. The minimum atomic E-state index is -0.825. The van der Waals surface area contributed by atoms with Gasteiger partial charge < -0.3 is 10.1 Å². The van der Waals surface area contributed by atoms with Crippen LogP contribution in [0.5, 0.6) is 5.75 Å². The van der Waals surface area contributed by atoms with Gasteiger partial charge in [-0.25, -0.2) is 4.99 Å². The van der Waals surface area contributed by atoms with Gasteiger partial charge in [-0.05, 0) is 29.5 Å². The van der Waals surface area contributed by atoms with Crippen molar-refractivity contribution >= 4 is 33.8 Å². The number of nitrogens with zero attached hydrogens (tertiary/aromatic N) is 3. The van der Waals surface area contributed by atoms with Gasteiger partial charge in [0.25, 0.3) is 5.91 Å². The van der Waals surface area contributed by atoms with E-state index in [9.17, 15) is 9.59 Å². The summed E-state index contributed by atoms with van der Waals surface area (Å²) in [5.74, 6) is 0.107. The molecular weight excluding hydrogens is 376 g/mol. The van der Waals surface area contributed by atoms with Crippen molar-refractivity contribution in [1.29, 1.82) is 0 Å². The number of ether oxygens (including phenoxy) is 1. The molecule has 1 N–H and O–H groups in total. The number of fused-ring (bicyclic) bond motifs is 1. The Kier molecular flexibility index (Phi) is 4.87. The fraction of sp³-hybridized carbons (Fsp3) is 0.200. The Morgan fingerprint density at radius 1 is 1.14 bits per heavy atom. The zero-order valence-electron chi connectivity index (χ0n) is 15.3. The molecule has 2 aliphatic heterocycles. The molecule has 0 spiro atoms. The summed E-state index contributed by atoms with van der Waals surface area (Å²) >= 11 is 1.35. The third-order valence-corrected chi connectivity index (χ3v) is 5.41. The average Bonchev–Trinajstić information content (AvgIpc) is 3.15. The van der Waals surface area contributed by atoms with E-state index >= 15 is 0 Å². The topological polar surface area (TPSA) is 83.4 Å². The van der Waals surface area contributed by atoms with Gasteiger partial charge in [0.05, 0.1) is 7.11 Å². The van der Waals surface area contributed by atoms with Crippen LogP contribution in [0.2, 0.25) is 0 Å².